The van der Waals surface area contributed by atoms with E-state index in [9.17, 15) is 13.2 Å². The second-order valence-corrected chi connectivity index (χ2v) is 7.61. The summed E-state index contributed by atoms with van der Waals surface area (Å²) in [5, 5.41) is 0. The maximum Gasteiger partial charge on any atom is 0.410 e. The summed E-state index contributed by atoms with van der Waals surface area (Å²) < 4.78 is 32.9. The Morgan fingerprint density at radius 1 is 1.40 bits per heavy atom. The van der Waals surface area contributed by atoms with E-state index in [0.29, 0.717) is 13.0 Å². The van der Waals surface area contributed by atoms with Crippen molar-refractivity contribution in [3.63, 3.8) is 0 Å². The van der Waals surface area contributed by atoms with Crippen LogP contribution in [0.5, 0.6) is 0 Å². The molecule has 0 spiro atoms. The zero-order valence-corrected chi connectivity index (χ0v) is 13.3. The van der Waals surface area contributed by atoms with Crippen LogP contribution in [0.3, 0.4) is 0 Å². The Balaban J connectivity index is 2.74. The molecular weight excluding hydrogens is 282 g/mol. The lowest BCUT2D eigenvalue weighted by Crippen LogP contribution is -2.36. The van der Waals surface area contributed by atoms with Crippen molar-refractivity contribution in [2.24, 2.45) is 5.92 Å². The van der Waals surface area contributed by atoms with E-state index in [-0.39, 0.29) is 12.5 Å². The standard InChI is InChI=1S/C13H23NO5S/c1-6-7-10-8-14(12(15)18-13(2,3)4)9-11(10)19-20(5,16)17/h6,10-11H,1,7-9H2,2-5H3/t10-,11+/m0/s1. The summed E-state index contributed by atoms with van der Waals surface area (Å²) >= 11 is 0. The molecule has 20 heavy (non-hydrogen) atoms. The summed E-state index contributed by atoms with van der Waals surface area (Å²) in [6.07, 6.45) is 2.29. The summed E-state index contributed by atoms with van der Waals surface area (Å²) in [7, 11) is -3.56. The summed E-state index contributed by atoms with van der Waals surface area (Å²) in [5.74, 6) is -0.0882. The molecule has 0 aromatic carbocycles. The molecule has 0 bridgehead atoms. The Hall–Kier alpha value is -1.08. The second kappa shape index (κ2) is 6.13. The van der Waals surface area contributed by atoms with Crippen LogP contribution in [-0.4, -0.2) is 50.5 Å². The molecule has 0 aromatic rings. The van der Waals surface area contributed by atoms with Gasteiger partial charge in [0.2, 0.25) is 0 Å². The zero-order valence-electron chi connectivity index (χ0n) is 12.5. The molecule has 1 heterocycles. The molecule has 0 unspecified atom stereocenters. The van der Waals surface area contributed by atoms with Gasteiger partial charge in [0.05, 0.1) is 18.9 Å². The predicted molar refractivity (Wildman–Crippen MR) is 75.8 cm³/mol. The first-order chi connectivity index (χ1) is 9.02. The fourth-order valence-corrected chi connectivity index (χ4v) is 2.76. The van der Waals surface area contributed by atoms with Crippen LogP contribution >= 0.6 is 0 Å². The molecule has 2 atom stereocenters. The van der Waals surface area contributed by atoms with Crippen molar-refractivity contribution in [3.05, 3.63) is 12.7 Å². The molecule has 1 amide bonds. The summed E-state index contributed by atoms with van der Waals surface area (Å²) in [4.78, 5) is 13.5. The highest BCUT2D eigenvalue weighted by Gasteiger charge is 2.38. The Labute approximate surface area is 120 Å². The summed E-state index contributed by atoms with van der Waals surface area (Å²) in [6.45, 7) is 9.61. The number of hydrogen-bond donors (Lipinski definition) is 0. The minimum atomic E-state index is -3.56. The molecular formula is C13H23NO5S. The van der Waals surface area contributed by atoms with Crippen LogP contribution < -0.4 is 0 Å². The minimum absolute atomic E-state index is 0.0882. The van der Waals surface area contributed by atoms with E-state index in [2.05, 4.69) is 6.58 Å². The van der Waals surface area contributed by atoms with Crippen LogP contribution in [0, 0.1) is 5.92 Å². The molecule has 0 saturated carbocycles. The van der Waals surface area contributed by atoms with Gasteiger partial charge in [-0.05, 0) is 27.2 Å². The van der Waals surface area contributed by atoms with E-state index in [4.69, 9.17) is 8.92 Å². The summed E-state index contributed by atoms with van der Waals surface area (Å²) in [5.41, 5.74) is -0.583. The normalized spacial score (nSPS) is 23.7. The lowest BCUT2D eigenvalue weighted by molar-refractivity contribution is 0.0275. The highest BCUT2D eigenvalue weighted by molar-refractivity contribution is 7.86. The van der Waals surface area contributed by atoms with Gasteiger partial charge in [-0.2, -0.15) is 8.42 Å². The Morgan fingerprint density at radius 2 is 2.00 bits per heavy atom. The SMILES string of the molecule is C=CC[C@H]1CN(C(=O)OC(C)(C)C)C[C@H]1OS(C)(=O)=O. The third-order valence-electron chi connectivity index (χ3n) is 2.80. The maximum atomic E-state index is 12.0. The zero-order chi connectivity index (χ0) is 15.6. The number of ether oxygens (including phenoxy) is 1. The third-order valence-corrected chi connectivity index (χ3v) is 3.40. The molecule has 1 rings (SSSR count). The van der Waals surface area contributed by atoms with Gasteiger partial charge >= 0.3 is 6.09 Å². The van der Waals surface area contributed by atoms with Gasteiger partial charge < -0.3 is 9.64 Å². The predicted octanol–water partition coefficient (Wildman–Crippen LogP) is 1.77. The van der Waals surface area contributed by atoms with Crippen LogP contribution in [0.4, 0.5) is 4.79 Å². The van der Waals surface area contributed by atoms with E-state index in [0.717, 1.165) is 6.26 Å². The highest BCUT2D eigenvalue weighted by Crippen LogP contribution is 2.26. The van der Waals surface area contributed by atoms with Crippen LogP contribution in [0.2, 0.25) is 0 Å². The van der Waals surface area contributed by atoms with Gasteiger partial charge in [-0.15, -0.1) is 6.58 Å². The Morgan fingerprint density at radius 3 is 2.45 bits per heavy atom. The average molecular weight is 305 g/mol. The highest BCUT2D eigenvalue weighted by atomic mass is 32.2. The number of allylic oxidation sites excluding steroid dienone is 1. The summed E-state index contributed by atoms with van der Waals surface area (Å²) in [6, 6.07) is 0. The minimum Gasteiger partial charge on any atom is -0.444 e. The molecule has 7 heteroatoms. The number of hydrogen-bond acceptors (Lipinski definition) is 5. The van der Waals surface area contributed by atoms with Gasteiger partial charge in [-0.3, -0.25) is 4.18 Å². The van der Waals surface area contributed by atoms with Crippen LogP contribution in [-0.2, 0) is 19.0 Å². The second-order valence-electron chi connectivity index (χ2n) is 6.01. The first-order valence-corrected chi connectivity index (χ1v) is 8.30. The first-order valence-electron chi connectivity index (χ1n) is 6.49. The van der Waals surface area contributed by atoms with Gasteiger partial charge in [0.1, 0.15) is 5.60 Å². The molecule has 6 nitrogen and oxygen atoms in total. The smallest absolute Gasteiger partial charge is 0.410 e. The van der Waals surface area contributed by atoms with Gasteiger partial charge in [-0.25, -0.2) is 4.79 Å². The molecule has 116 valence electrons. The fraction of sp³-hybridized carbons (Fsp3) is 0.769. The van der Waals surface area contributed by atoms with Crippen molar-refractivity contribution in [1.82, 2.24) is 4.90 Å². The largest absolute Gasteiger partial charge is 0.444 e. The molecule has 0 aromatic heterocycles. The van der Waals surface area contributed by atoms with E-state index < -0.39 is 27.9 Å². The molecule has 1 aliphatic heterocycles. The number of carbonyl (C=O) groups excluding carboxylic acids is 1. The van der Waals surface area contributed by atoms with Crippen molar-refractivity contribution in [2.45, 2.75) is 38.9 Å². The van der Waals surface area contributed by atoms with Gasteiger partial charge in [0.15, 0.2) is 0 Å². The number of rotatable bonds is 4. The van der Waals surface area contributed by atoms with Gasteiger partial charge in [-0.1, -0.05) is 6.08 Å². The van der Waals surface area contributed by atoms with Gasteiger partial charge in [0, 0.05) is 12.5 Å². The Kier molecular flexibility index (Phi) is 5.21. The lowest BCUT2D eigenvalue weighted by atomic mass is 10.0. The monoisotopic (exact) mass is 305 g/mol. The van der Waals surface area contributed by atoms with Crippen molar-refractivity contribution in [2.75, 3.05) is 19.3 Å². The third kappa shape index (κ3) is 5.50. The Bertz CT molecular complexity index is 466. The molecule has 1 fully saturated rings. The van der Waals surface area contributed by atoms with E-state index in [1.807, 2.05) is 0 Å². The molecule has 0 aliphatic carbocycles. The van der Waals surface area contributed by atoms with Crippen molar-refractivity contribution in [1.29, 1.82) is 0 Å². The van der Waals surface area contributed by atoms with Crippen LogP contribution in [0.15, 0.2) is 12.7 Å². The number of amides is 1. The van der Waals surface area contributed by atoms with Crippen LogP contribution in [0.25, 0.3) is 0 Å². The molecule has 0 N–H and O–H groups in total. The number of nitrogens with zero attached hydrogens (tertiary/aromatic N) is 1. The van der Waals surface area contributed by atoms with Gasteiger partial charge in [0.25, 0.3) is 10.1 Å². The van der Waals surface area contributed by atoms with Crippen molar-refractivity contribution in [3.8, 4) is 0 Å². The quantitative estimate of drug-likeness (QED) is 0.584. The topological polar surface area (TPSA) is 72.9 Å². The maximum absolute atomic E-state index is 12.0. The number of carbonyl (C=O) groups is 1. The van der Waals surface area contributed by atoms with Crippen LogP contribution in [0.1, 0.15) is 27.2 Å². The lowest BCUT2D eigenvalue weighted by Gasteiger charge is -2.24. The molecule has 1 aliphatic rings. The molecule has 0 radical (unpaired) electrons. The van der Waals surface area contributed by atoms with E-state index >= 15 is 0 Å². The average Bonchev–Trinajstić information content (AvgIpc) is 2.57. The number of likely N-dealkylation sites (tertiary alicyclic amines) is 1. The first kappa shape index (κ1) is 17.0. The van der Waals surface area contributed by atoms with E-state index in [1.54, 1.807) is 26.8 Å². The van der Waals surface area contributed by atoms with E-state index in [1.165, 1.54) is 4.90 Å². The van der Waals surface area contributed by atoms with Crippen molar-refractivity contribution < 1.29 is 22.1 Å². The molecule has 1 saturated heterocycles. The fourth-order valence-electron chi connectivity index (χ4n) is 2.09. The van der Waals surface area contributed by atoms with Crippen molar-refractivity contribution >= 4 is 16.2 Å².